The summed E-state index contributed by atoms with van der Waals surface area (Å²) < 4.78 is 34.2. The van der Waals surface area contributed by atoms with Gasteiger partial charge in [-0.15, -0.1) is 0 Å². The highest BCUT2D eigenvalue weighted by Gasteiger charge is 2.67. The van der Waals surface area contributed by atoms with Gasteiger partial charge in [-0.25, -0.2) is 8.78 Å². The SMILES string of the molecule is C1CCCC1.CO.COCCCCC1(c2nccc(F)c2-c2ccc(F)c(C)c2)C2CCN(C=O)CC21. The van der Waals surface area contributed by atoms with Crippen LogP contribution in [0, 0.1) is 30.4 Å². The minimum absolute atomic E-state index is 0.259. The van der Waals surface area contributed by atoms with E-state index in [-0.39, 0.29) is 23.0 Å². The molecule has 2 aliphatic carbocycles. The maximum Gasteiger partial charge on any atom is 0.209 e. The first-order valence-corrected chi connectivity index (χ1v) is 13.6. The van der Waals surface area contributed by atoms with E-state index < -0.39 is 0 Å². The molecule has 2 aromatic rings. The monoisotopic (exact) mass is 516 g/mol. The van der Waals surface area contributed by atoms with Crippen LogP contribution in [0.4, 0.5) is 8.78 Å². The van der Waals surface area contributed by atoms with Crippen LogP contribution < -0.4 is 0 Å². The number of amides is 1. The van der Waals surface area contributed by atoms with Crippen molar-refractivity contribution in [1.82, 2.24) is 9.88 Å². The Balaban J connectivity index is 0.000000478. The number of hydrogen-bond acceptors (Lipinski definition) is 4. The lowest BCUT2D eigenvalue weighted by Gasteiger charge is -2.22. The molecular weight excluding hydrogens is 474 g/mol. The van der Waals surface area contributed by atoms with Crippen LogP contribution in [0.3, 0.4) is 0 Å². The summed E-state index contributed by atoms with van der Waals surface area (Å²) in [5.74, 6) is 0.0122. The molecule has 1 amide bonds. The molecule has 3 atom stereocenters. The third kappa shape index (κ3) is 6.55. The van der Waals surface area contributed by atoms with Gasteiger partial charge in [-0.3, -0.25) is 9.78 Å². The first-order chi connectivity index (χ1) is 18.0. The molecule has 0 spiro atoms. The number of unbranched alkanes of at least 4 members (excludes halogenated alkanes) is 1. The van der Waals surface area contributed by atoms with Gasteiger partial charge in [-0.05, 0) is 67.3 Å². The number of methoxy groups -OCH3 is 1. The largest absolute Gasteiger partial charge is 0.400 e. The zero-order chi connectivity index (χ0) is 26.8. The van der Waals surface area contributed by atoms with Gasteiger partial charge in [0.25, 0.3) is 0 Å². The summed E-state index contributed by atoms with van der Waals surface area (Å²) in [6.07, 6.45) is 13.6. The fraction of sp³-hybridized carbons (Fsp3) is 0.600. The molecule has 3 fully saturated rings. The summed E-state index contributed by atoms with van der Waals surface area (Å²) in [4.78, 5) is 17.9. The molecule has 1 aromatic heterocycles. The van der Waals surface area contributed by atoms with Crippen molar-refractivity contribution in [2.45, 2.75) is 70.1 Å². The second kappa shape index (κ2) is 14.0. The lowest BCUT2D eigenvalue weighted by atomic mass is 9.84. The van der Waals surface area contributed by atoms with Crippen molar-refractivity contribution in [3.05, 3.63) is 53.4 Å². The van der Waals surface area contributed by atoms with Crippen molar-refractivity contribution >= 4 is 6.41 Å². The summed E-state index contributed by atoms with van der Waals surface area (Å²) in [6, 6.07) is 6.09. The van der Waals surface area contributed by atoms with Crippen molar-refractivity contribution in [2.75, 3.05) is 33.9 Å². The molecule has 37 heavy (non-hydrogen) atoms. The molecule has 3 unspecified atom stereocenters. The fourth-order valence-electron chi connectivity index (χ4n) is 6.35. The second-order valence-electron chi connectivity index (χ2n) is 10.3. The van der Waals surface area contributed by atoms with Gasteiger partial charge < -0.3 is 14.7 Å². The first kappa shape index (κ1) is 29.2. The summed E-state index contributed by atoms with van der Waals surface area (Å²) in [7, 11) is 2.69. The molecule has 0 bridgehead atoms. The molecule has 7 heteroatoms. The maximum absolute atomic E-state index is 15.2. The van der Waals surface area contributed by atoms with E-state index in [1.54, 1.807) is 26.2 Å². The van der Waals surface area contributed by atoms with E-state index in [4.69, 9.17) is 14.8 Å². The number of carbonyl (C=O) groups is 1. The lowest BCUT2D eigenvalue weighted by Crippen LogP contribution is -2.30. The number of rotatable bonds is 8. The van der Waals surface area contributed by atoms with E-state index in [9.17, 15) is 9.18 Å². The van der Waals surface area contributed by atoms with E-state index >= 15 is 4.39 Å². The number of aryl methyl sites for hydroxylation is 1. The van der Waals surface area contributed by atoms with Gasteiger partial charge in [-0.1, -0.05) is 44.6 Å². The smallest absolute Gasteiger partial charge is 0.209 e. The van der Waals surface area contributed by atoms with Crippen molar-refractivity contribution < 1.29 is 23.4 Å². The number of nitrogens with zero attached hydrogens (tertiary/aromatic N) is 2. The number of carbonyl (C=O) groups excluding carboxylic acids is 1. The Morgan fingerprint density at radius 3 is 2.41 bits per heavy atom. The number of aliphatic hydroxyl groups excluding tert-OH is 1. The second-order valence-corrected chi connectivity index (χ2v) is 10.3. The Labute approximate surface area is 220 Å². The molecule has 0 radical (unpaired) electrons. The van der Waals surface area contributed by atoms with Gasteiger partial charge in [0.15, 0.2) is 0 Å². The van der Waals surface area contributed by atoms with Gasteiger partial charge in [0.2, 0.25) is 6.41 Å². The Hall–Kier alpha value is -2.38. The molecule has 2 heterocycles. The average molecular weight is 517 g/mol. The zero-order valence-electron chi connectivity index (χ0n) is 22.5. The highest BCUT2D eigenvalue weighted by atomic mass is 19.1. The quantitative estimate of drug-likeness (QED) is 0.342. The molecule has 3 aliphatic rings. The number of benzene rings is 1. The van der Waals surface area contributed by atoms with Gasteiger partial charge in [-0.2, -0.15) is 0 Å². The van der Waals surface area contributed by atoms with Crippen LogP contribution in [0.2, 0.25) is 0 Å². The van der Waals surface area contributed by atoms with Crippen LogP contribution in [0.1, 0.15) is 69.0 Å². The normalized spacial score (nSPS) is 23.8. The topological polar surface area (TPSA) is 62.7 Å². The van der Waals surface area contributed by atoms with Crippen molar-refractivity contribution in [3.63, 3.8) is 0 Å². The Morgan fingerprint density at radius 2 is 1.78 bits per heavy atom. The molecule has 1 aromatic carbocycles. The van der Waals surface area contributed by atoms with Crippen LogP contribution in [0.15, 0.2) is 30.5 Å². The molecule has 1 saturated heterocycles. The van der Waals surface area contributed by atoms with Gasteiger partial charge in [0.1, 0.15) is 11.6 Å². The summed E-state index contributed by atoms with van der Waals surface area (Å²) in [5.41, 5.74) is 2.11. The van der Waals surface area contributed by atoms with Crippen molar-refractivity contribution in [2.24, 2.45) is 11.8 Å². The third-order valence-corrected chi connectivity index (χ3v) is 8.23. The van der Waals surface area contributed by atoms with E-state index in [0.717, 1.165) is 51.4 Å². The number of halogens is 2. The Morgan fingerprint density at radius 1 is 1.08 bits per heavy atom. The fourth-order valence-corrected chi connectivity index (χ4v) is 6.35. The number of piperidine rings is 1. The molecule has 1 aliphatic heterocycles. The Kier molecular flexibility index (Phi) is 11.0. The predicted molar refractivity (Wildman–Crippen MR) is 142 cm³/mol. The Bertz CT molecular complexity index is 1010. The predicted octanol–water partition coefficient (Wildman–Crippen LogP) is 6.06. The molecular formula is C30H42F2N2O3. The van der Waals surface area contributed by atoms with E-state index in [0.29, 0.717) is 35.8 Å². The molecule has 5 rings (SSSR count). The minimum atomic E-state index is -0.335. The van der Waals surface area contributed by atoms with Crippen LogP contribution in [0.25, 0.3) is 11.1 Å². The van der Waals surface area contributed by atoms with Crippen molar-refractivity contribution in [3.8, 4) is 11.1 Å². The minimum Gasteiger partial charge on any atom is -0.400 e. The van der Waals surface area contributed by atoms with Crippen LogP contribution in [0.5, 0.6) is 0 Å². The van der Waals surface area contributed by atoms with Gasteiger partial charge in [0, 0.05) is 51.1 Å². The van der Waals surface area contributed by atoms with E-state index in [1.165, 1.54) is 50.4 Å². The highest BCUT2D eigenvalue weighted by molar-refractivity contribution is 5.70. The number of ether oxygens (including phenoxy) is 1. The van der Waals surface area contributed by atoms with Gasteiger partial charge in [0.05, 0.1) is 5.69 Å². The molecule has 5 nitrogen and oxygen atoms in total. The maximum atomic E-state index is 15.2. The van der Waals surface area contributed by atoms with E-state index in [1.807, 2.05) is 4.90 Å². The van der Waals surface area contributed by atoms with Gasteiger partial charge >= 0.3 is 0 Å². The van der Waals surface area contributed by atoms with Crippen LogP contribution >= 0.6 is 0 Å². The molecule has 2 saturated carbocycles. The molecule has 1 N–H and O–H groups in total. The van der Waals surface area contributed by atoms with E-state index in [2.05, 4.69) is 0 Å². The number of likely N-dealkylation sites (tertiary alicyclic amines) is 1. The third-order valence-electron chi connectivity index (χ3n) is 8.23. The number of aromatic nitrogens is 1. The van der Waals surface area contributed by atoms with Crippen molar-refractivity contribution in [1.29, 1.82) is 0 Å². The number of fused-ring (bicyclic) bond motifs is 1. The van der Waals surface area contributed by atoms with Crippen LogP contribution in [-0.2, 0) is 14.9 Å². The molecule has 204 valence electrons. The summed E-state index contributed by atoms with van der Waals surface area (Å²) in [6.45, 7) is 3.78. The lowest BCUT2D eigenvalue weighted by molar-refractivity contribution is -0.119. The summed E-state index contributed by atoms with van der Waals surface area (Å²) in [5, 5.41) is 7.00. The van der Waals surface area contributed by atoms with Crippen LogP contribution in [-0.4, -0.2) is 55.3 Å². The first-order valence-electron chi connectivity index (χ1n) is 13.6. The zero-order valence-corrected chi connectivity index (χ0v) is 22.5. The number of hydrogen-bond donors (Lipinski definition) is 1. The standard InChI is InChI=1S/C24H28F2N2O2.C5H10.CH4O/c1-16-13-17(5-6-20(16)25)22-21(26)7-10-27-23(22)24(9-3-4-12-30-2)18-8-11-28(15-29)14-19(18)24;1-2-4-5-3-1;1-2/h5-7,10,13,15,18-19H,3-4,8-9,11-12,14H2,1-2H3;1-5H2;2H,1H3. The average Bonchev–Trinajstić information content (AvgIpc) is 3.23. The summed E-state index contributed by atoms with van der Waals surface area (Å²) >= 11 is 0. The highest BCUT2D eigenvalue weighted by Crippen LogP contribution is 2.66. The number of aliphatic hydroxyl groups is 1. The number of pyridine rings is 1.